The van der Waals surface area contributed by atoms with E-state index < -0.39 is 0 Å². The van der Waals surface area contributed by atoms with Crippen molar-refractivity contribution in [2.45, 2.75) is 38.6 Å². The van der Waals surface area contributed by atoms with Gasteiger partial charge in [-0.1, -0.05) is 6.07 Å². The number of hydrogen-bond acceptors (Lipinski definition) is 3. The van der Waals surface area contributed by atoms with Gasteiger partial charge in [0.15, 0.2) is 5.96 Å². The number of unbranched alkanes of at least 4 members (excludes halogenated alkanes) is 1. The van der Waals surface area contributed by atoms with Crippen LogP contribution < -0.4 is 16.0 Å². The molecule has 20 heavy (non-hydrogen) atoms. The van der Waals surface area contributed by atoms with Gasteiger partial charge in [0.05, 0.1) is 0 Å². The Bertz CT molecular complexity index is 400. The summed E-state index contributed by atoms with van der Waals surface area (Å²) in [7, 11) is 0. The van der Waals surface area contributed by atoms with Crippen molar-refractivity contribution in [1.29, 1.82) is 0 Å². The third-order valence-electron chi connectivity index (χ3n) is 3.09. The number of hydrogen-bond donors (Lipinski definition) is 3. The highest BCUT2D eigenvalue weighted by atomic mass is 15.2. The minimum absolute atomic E-state index is 0.652. The molecule has 1 aromatic rings. The predicted molar refractivity (Wildman–Crippen MR) is 84.1 cm³/mol. The molecule has 0 saturated heterocycles. The zero-order valence-corrected chi connectivity index (χ0v) is 12.2. The second-order valence-corrected chi connectivity index (χ2v) is 5.03. The van der Waals surface area contributed by atoms with Gasteiger partial charge in [0.1, 0.15) is 5.82 Å². The molecule has 5 heteroatoms. The monoisotopic (exact) mass is 275 g/mol. The highest BCUT2D eigenvalue weighted by molar-refractivity contribution is 5.80. The Morgan fingerprint density at radius 1 is 1.35 bits per heavy atom. The molecule has 0 aliphatic heterocycles. The Hall–Kier alpha value is -1.78. The van der Waals surface area contributed by atoms with E-state index >= 15 is 0 Å². The van der Waals surface area contributed by atoms with Crippen molar-refractivity contribution in [3.8, 4) is 0 Å². The highest BCUT2D eigenvalue weighted by Gasteiger charge is 2.21. The molecule has 0 aromatic carbocycles. The lowest BCUT2D eigenvalue weighted by Crippen LogP contribution is -2.38. The molecule has 0 unspecified atom stereocenters. The Kier molecular flexibility index (Phi) is 6.14. The molecule has 1 aliphatic carbocycles. The van der Waals surface area contributed by atoms with Gasteiger partial charge < -0.3 is 16.0 Å². The van der Waals surface area contributed by atoms with Gasteiger partial charge in [-0.15, -0.1) is 0 Å². The number of pyridine rings is 1. The first kappa shape index (κ1) is 14.6. The lowest BCUT2D eigenvalue weighted by molar-refractivity contribution is 0.751. The van der Waals surface area contributed by atoms with Crippen molar-refractivity contribution in [1.82, 2.24) is 15.6 Å². The molecule has 3 N–H and O–H groups in total. The molecular formula is C15H25N5. The van der Waals surface area contributed by atoms with Crippen molar-refractivity contribution in [3.63, 3.8) is 0 Å². The van der Waals surface area contributed by atoms with Crippen LogP contribution in [0, 0.1) is 0 Å². The third kappa shape index (κ3) is 5.91. The average molecular weight is 275 g/mol. The maximum atomic E-state index is 4.59. The zero-order chi connectivity index (χ0) is 14.0. The minimum Gasteiger partial charge on any atom is -0.370 e. The maximum absolute atomic E-state index is 4.59. The average Bonchev–Trinajstić information content (AvgIpc) is 3.28. The van der Waals surface area contributed by atoms with Gasteiger partial charge in [-0.3, -0.25) is 4.99 Å². The maximum Gasteiger partial charge on any atom is 0.191 e. The number of anilines is 1. The minimum atomic E-state index is 0.652. The summed E-state index contributed by atoms with van der Waals surface area (Å²) in [6, 6.07) is 6.56. The first-order valence-corrected chi connectivity index (χ1v) is 7.58. The van der Waals surface area contributed by atoms with Gasteiger partial charge in [-0.25, -0.2) is 4.98 Å². The Balaban J connectivity index is 1.57. The first-order valence-electron chi connectivity index (χ1n) is 7.58. The molecule has 1 aliphatic rings. The van der Waals surface area contributed by atoms with Crippen molar-refractivity contribution in [3.05, 3.63) is 24.4 Å². The molecule has 1 fully saturated rings. The van der Waals surface area contributed by atoms with Gasteiger partial charge in [-0.05, 0) is 44.7 Å². The van der Waals surface area contributed by atoms with Crippen LogP contribution in [-0.2, 0) is 0 Å². The largest absolute Gasteiger partial charge is 0.370 e. The van der Waals surface area contributed by atoms with E-state index in [1.807, 2.05) is 18.2 Å². The Morgan fingerprint density at radius 2 is 2.25 bits per heavy atom. The molecule has 0 radical (unpaired) electrons. The van der Waals surface area contributed by atoms with Crippen LogP contribution in [0.4, 0.5) is 5.82 Å². The summed E-state index contributed by atoms with van der Waals surface area (Å²) in [5.74, 6) is 1.91. The van der Waals surface area contributed by atoms with E-state index in [1.54, 1.807) is 6.20 Å². The number of aromatic nitrogens is 1. The normalized spacial score (nSPS) is 14.9. The van der Waals surface area contributed by atoms with Crippen LogP contribution in [0.1, 0.15) is 32.6 Å². The summed E-state index contributed by atoms with van der Waals surface area (Å²) in [6.07, 6.45) is 6.54. The van der Waals surface area contributed by atoms with Crippen molar-refractivity contribution in [2.24, 2.45) is 4.99 Å². The highest BCUT2D eigenvalue weighted by Crippen LogP contribution is 2.18. The molecule has 1 aromatic heterocycles. The lowest BCUT2D eigenvalue weighted by Gasteiger charge is -2.10. The summed E-state index contributed by atoms with van der Waals surface area (Å²) < 4.78 is 0. The fourth-order valence-electron chi connectivity index (χ4n) is 1.85. The van der Waals surface area contributed by atoms with Crippen molar-refractivity contribution >= 4 is 11.8 Å². The first-order chi connectivity index (χ1) is 9.88. The number of guanidine groups is 1. The summed E-state index contributed by atoms with van der Waals surface area (Å²) in [5.41, 5.74) is 0. The van der Waals surface area contributed by atoms with Crippen LogP contribution in [0.2, 0.25) is 0 Å². The topological polar surface area (TPSA) is 61.3 Å². The summed E-state index contributed by atoms with van der Waals surface area (Å²) in [5, 5.41) is 10.0. The zero-order valence-electron chi connectivity index (χ0n) is 12.2. The van der Waals surface area contributed by atoms with E-state index in [1.165, 1.54) is 12.8 Å². The van der Waals surface area contributed by atoms with Crippen LogP contribution in [0.3, 0.4) is 0 Å². The quantitative estimate of drug-likeness (QED) is 0.386. The molecular weight excluding hydrogens is 250 g/mol. The number of nitrogens with zero attached hydrogens (tertiary/aromatic N) is 2. The predicted octanol–water partition coefficient (Wildman–Crippen LogP) is 1.99. The second-order valence-electron chi connectivity index (χ2n) is 5.03. The second kappa shape index (κ2) is 8.40. The molecule has 110 valence electrons. The molecule has 0 amide bonds. The van der Waals surface area contributed by atoms with Gasteiger partial charge in [-0.2, -0.15) is 0 Å². The third-order valence-corrected chi connectivity index (χ3v) is 3.09. The molecule has 0 bridgehead atoms. The summed E-state index contributed by atoms with van der Waals surface area (Å²) in [6.45, 7) is 4.83. The molecule has 2 rings (SSSR count). The van der Waals surface area contributed by atoms with E-state index in [-0.39, 0.29) is 0 Å². The van der Waals surface area contributed by atoms with Crippen LogP contribution in [0.15, 0.2) is 29.4 Å². The van der Waals surface area contributed by atoms with Gasteiger partial charge >= 0.3 is 0 Å². The SMILES string of the molecule is CCNC(=NCCCCNc1ccccn1)NC1CC1. The van der Waals surface area contributed by atoms with Crippen LogP contribution in [0.5, 0.6) is 0 Å². The number of nitrogens with one attached hydrogen (secondary N) is 3. The molecule has 1 saturated carbocycles. The summed E-state index contributed by atoms with van der Waals surface area (Å²) >= 11 is 0. The number of rotatable bonds is 8. The van der Waals surface area contributed by atoms with E-state index in [0.29, 0.717) is 6.04 Å². The fourth-order valence-corrected chi connectivity index (χ4v) is 1.85. The van der Waals surface area contributed by atoms with Gasteiger partial charge in [0.25, 0.3) is 0 Å². The van der Waals surface area contributed by atoms with E-state index in [2.05, 4.69) is 32.9 Å². The molecule has 0 atom stereocenters. The summed E-state index contributed by atoms with van der Waals surface area (Å²) in [4.78, 5) is 8.82. The van der Waals surface area contributed by atoms with Crippen molar-refractivity contribution < 1.29 is 0 Å². The molecule has 1 heterocycles. The Morgan fingerprint density at radius 3 is 2.95 bits per heavy atom. The van der Waals surface area contributed by atoms with Gasteiger partial charge in [0, 0.05) is 31.9 Å². The molecule has 0 spiro atoms. The lowest BCUT2D eigenvalue weighted by atomic mass is 10.3. The smallest absolute Gasteiger partial charge is 0.191 e. The standard InChI is InChI=1S/C15H25N5/c1-2-16-15(20-13-8-9-13)19-12-6-5-11-18-14-7-3-4-10-17-14/h3-4,7,10,13H,2,5-6,8-9,11-12H2,1H3,(H,17,18)(H2,16,19,20). The Labute approximate surface area is 121 Å². The van der Waals surface area contributed by atoms with Crippen LogP contribution >= 0.6 is 0 Å². The van der Waals surface area contributed by atoms with Crippen molar-refractivity contribution in [2.75, 3.05) is 25.0 Å². The number of aliphatic imine (C=N–C) groups is 1. The molecule has 5 nitrogen and oxygen atoms in total. The van der Waals surface area contributed by atoms with E-state index in [4.69, 9.17) is 0 Å². The van der Waals surface area contributed by atoms with E-state index in [0.717, 1.165) is 44.3 Å². The van der Waals surface area contributed by atoms with Crippen LogP contribution in [-0.4, -0.2) is 36.6 Å². The fraction of sp³-hybridized carbons (Fsp3) is 0.600. The van der Waals surface area contributed by atoms with Gasteiger partial charge in [0.2, 0.25) is 0 Å². The van der Waals surface area contributed by atoms with Crippen LogP contribution in [0.25, 0.3) is 0 Å². The van der Waals surface area contributed by atoms with E-state index in [9.17, 15) is 0 Å².